The van der Waals surface area contributed by atoms with Gasteiger partial charge in [0.25, 0.3) is 0 Å². The maximum atomic E-state index is 14.7. The fourth-order valence-corrected chi connectivity index (χ4v) is 3.50. The van der Waals surface area contributed by atoms with Crippen LogP contribution in [0.4, 0.5) is 35.1 Å². The molecule has 0 bridgehead atoms. The summed E-state index contributed by atoms with van der Waals surface area (Å²) in [6, 6.07) is 4.33. The number of hydrogen-bond acceptors (Lipinski definition) is 3. The van der Waals surface area contributed by atoms with Gasteiger partial charge in [0.2, 0.25) is 0 Å². The monoisotopic (exact) mass is 504 g/mol. The predicted octanol–water partition coefficient (Wildman–Crippen LogP) is 7.00. The van der Waals surface area contributed by atoms with E-state index < -0.39 is 69.7 Å². The van der Waals surface area contributed by atoms with Crippen LogP contribution in [-0.2, 0) is 15.6 Å². The second kappa shape index (κ2) is 9.46. The highest BCUT2D eigenvalue weighted by atomic mass is 19.3. The average Bonchev–Trinajstić information content (AvgIpc) is 2.76. The van der Waals surface area contributed by atoms with Crippen LogP contribution in [0.15, 0.2) is 42.5 Å². The van der Waals surface area contributed by atoms with Crippen molar-refractivity contribution in [3.05, 3.63) is 88.5 Å². The molecule has 3 nitrogen and oxygen atoms in total. The molecule has 4 rings (SSSR count). The summed E-state index contributed by atoms with van der Waals surface area (Å²) in [5.41, 5.74) is -2.74. The molecule has 1 aliphatic heterocycles. The van der Waals surface area contributed by atoms with E-state index in [2.05, 4.69) is 4.74 Å². The normalized spacial score (nSPS) is 18.5. The van der Waals surface area contributed by atoms with Gasteiger partial charge in [-0.3, -0.25) is 0 Å². The molecule has 1 fully saturated rings. The van der Waals surface area contributed by atoms with Crippen LogP contribution in [0.3, 0.4) is 0 Å². The van der Waals surface area contributed by atoms with Gasteiger partial charge in [-0.2, -0.15) is 8.78 Å². The Morgan fingerprint density at radius 3 is 1.89 bits per heavy atom. The highest BCUT2D eigenvalue weighted by Gasteiger charge is 2.42. The largest absolute Gasteiger partial charge is 0.432 e. The van der Waals surface area contributed by atoms with Gasteiger partial charge >= 0.3 is 6.11 Å². The number of rotatable bonds is 5. The van der Waals surface area contributed by atoms with E-state index >= 15 is 0 Å². The molecule has 186 valence electrons. The minimum Gasteiger partial charge on any atom is -0.429 e. The van der Waals surface area contributed by atoms with Crippen molar-refractivity contribution in [3.8, 4) is 16.9 Å². The highest BCUT2D eigenvalue weighted by Crippen LogP contribution is 2.38. The minimum atomic E-state index is -4.57. The highest BCUT2D eigenvalue weighted by molar-refractivity contribution is 5.65. The Labute approximate surface area is 193 Å². The number of hydrogen-bond donors (Lipinski definition) is 0. The van der Waals surface area contributed by atoms with E-state index in [1.807, 2.05) is 6.92 Å². The minimum absolute atomic E-state index is 0.0471. The van der Waals surface area contributed by atoms with E-state index in [0.29, 0.717) is 30.3 Å². The van der Waals surface area contributed by atoms with Gasteiger partial charge in [-0.15, -0.1) is 0 Å². The summed E-state index contributed by atoms with van der Waals surface area (Å²) < 4.78 is 128. The average molecular weight is 504 g/mol. The van der Waals surface area contributed by atoms with Crippen molar-refractivity contribution in [1.82, 2.24) is 0 Å². The van der Waals surface area contributed by atoms with E-state index in [1.54, 1.807) is 0 Å². The summed E-state index contributed by atoms with van der Waals surface area (Å²) in [4.78, 5) is 0. The molecular weight excluding hydrogens is 488 g/mol. The lowest BCUT2D eigenvalue weighted by Crippen LogP contribution is -2.27. The van der Waals surface area contributed by atoms with Crippen LogP contribution in [-0.4, -0.2) is 13.2 Å². The summed E-state index contributed by atoms with van der Waals surface area (Å²) in [7, 11) is 0. The standard InChI is InChI=1S/C24H16F8O3/c1-11-9-33-23(34-10-11)13-6-17(26)21(18(27)7-13)24(31,32)35-14-2-3-15(16(25)8-14)12-4-19(28)22(30)20(29)5-12/h2-8,11,23H,9-10H2,1H3. The van der Waals surface area contributed by atoms with Gasteiger partial charge in [0, 0.05) is 23.1 Å². The second-order valence-corrected chi connectivity index (χ2v) is 7.98. The van der Waals surface area contributed by atoms with Crippen LogP contribution in [0.1, 0.15) is 24.3 Å². The molecule has 0 amide bonds. The molecule has 3 aromatic carbocycles. The van der Waals surface area contributed by atoms with Crippen LogP contribution in [0.5, 0.6) is 5.75 Å². The molecule has 35 heavy (non-hydrogen) atoms. The predicted molar refractivity (Wildman–Crippen MR) is 106 cm³/mol. The van der Waals surface area contributed by atoms with Crippen LogP contribution in [0, 0.1) is 40.8 Å². The molecule has 1 aliphatic rings. The van der Waals surface area contributed by atoms with Crippen molar-refractivity contribution in [2.75, 3.05) is 13.2 Å². The molecule has 0 radical (unpaired) electrons. The van der Waals surface area contributed by atoms with Crippen LogP contribution in [0.2, 0.25) is 0 Å². The Bertz CT molecular complexity index is 1210. The lowest BCUT2D eigenvalue weighted by atomic mass is 10.0. The Morgan fingerprint density at radius 2 is 1.34 bits per heavy atom. The Hall–Kier alpha value is -3.18. The molecule has 0 N–H and O–H groups in total. The summed E-state index contributed by atoms with van der Waals surface area (Å²) in [6.07, 6.45) is -5.71. The summed E-state index contributed by atoms with van der Waals surface area (Å²) >= 11 is 0. The third kappa shape index (κ3) is 5.10. The lowest BCUT2D eigenvalue weighted by molar-refractivity contribution is -0.203. The zero-order valence-electron chi connectivity index (χ0n) is 17.9. The number of benzene rings is 3. The molecule has 0 aliphatic carbocycles. The van der Waals surface area contributed by atoms with Gasteiger partial charge in [0.15, 0.2) is 23.7 Å². The molecule has 0 atom stereocenters. The van der Waals surface area contributed by atoms with Gasteiger partial charge < -0.3 is 14.2 Å². The molecule has 0 unspecified atom stereocenters. The molecule has 0 saturated carbocycles. The molecular formula is C24H16F8O3. The fraction of sp³-hybridized carbons (Fsp3) is 0.250. The zero-order chi connectivity index (χ0) is 25.5. The molecule has 0 spiro atoms. The van der Waals surface area contributed by atoms with Crippen molar-refractivity contribution in [1.29, 1.82) is 0 Å². The summed E-state index contributed by atoms with van der Waals surface area (Å²) in [5, 5.41) is 0. The third-order valence-corrected chi connectivity index (χ3v) is 5.17. The van der Waals surface area contributed by atoms with Crippen molar-refractivity contribution in [2.45, 2.75) is 19.3 Å². The molecule has 1 heterocycles. The number of ether oxygens (including phenoxy) is 3. The van der Waals surface area contributed by atoms with E-state index in [4.69, 9.17) is 9.47 Å². The fourth-order valence-electron chi connectivity index (χ4n) is 3.50. The molecule has 11 heteroatoms. The van der Waals surface area contributed by atoms with Gasteiger partial charge in [0.1, 0.15) is 28.8 Å². The number of halogens is 8. The number of alkyl halides is 2. The van der Waals surface area contributed by atoms with Gasteiger partial charge in [-0.1, -0.05) is 6.92 Å². The molecule has 0 aromatic heterocycles. The van der Waals surface area contributed by atoms with E-state index in [0.717, 1.165) is 12.1 Å². The molecule has 3 aromatic rings. The smallest absolute Gasteiger partial charge is 0.429 e. The first-order valence-electron chi connectivity index (χ1n) is 10.2. The quantitative estimate of drug-likeness (QED) is 0.277. The first-order valence-corrected chi connectivity index (χ1v) is 10.2. The first kappa shape index (κ1) is 24.9. The van der Waals surface area contributed by atoms with Crippen LogP contribution < -0.4 is 4.74 Å². The maximum Gasteiger partial charge on any atom is 0.432 e. The van der Waals surface area contributed by atoms with Crippen molar-refractivity contribution >= 4 is 0 Å². The second-order valence-electron chi connectivity index (χ2n) is 7.98. The van der Waals surface area contributed by atoms with E-state index in [-0.39, 0.29) is 24.7 Å². The first-order chi connectivity index (χ1) is 16.5. The zero-order valence-corrected chi connectivity index (χ0v) is 17.9. The van der Waals surface area contributed by atoms with Crippen LogP contribution >= 0.6 is 0 Å². The van der Waals surface area contributed by atoms with Crippen molar-refractivity contribution < 1.29 is 49.3 Å². The maximum absolute atomic E-state index is 14.7. The Balaban J connectivity index is 1.59. The lowest BCUT2D eigenvalue weighted by Gasteiger charge is -2.28. The topological polar surface area (TPSA) is 27.7 Å². The van der Waals surface area contributed by atoms with E-state index in [9.17, 15) is 35.1 Å². The van der Waals surface area contributed by atoms with Crippen LogP contribution in [0.25, 0.3) is 11.1 Å². The van der Waals surface area contributed by atoms with Gasteiger partial charge in [-0.25, -0.2) is 26.3 Å². The summed E-state index contributed by atoms with van der Waals surface area (Å²) in [5.74, 6) is -10.3. The van der Waals surface area contributed by atoms with E-state index in [1.165, 1.54) is 0 Å². The summed E-state index contributed by atoms with van der Waals surface area (Å²) in [6.45, 7) is 2.31. The van der Waals surface area contributed by atoms with Crippen molar-refractivity contribution in [2.24, 2.45) is 5.92 Å². The molecule has 1 saturated heterocycles. The van der Waals surface area contributed by atoms with Crippen molar-refractivity contribution in [3.63, 3.8) is 0 Å². The Morgan fingerprint density at radius 1 is 0.771 bits per heavy atom. The Kier molecular flexibility index (Phi) is 6.74. The third-order valence-electron chi connectivity index (χ3n) is 5.17. The van der Waals surface area contributed by atoms with Gasteiger partial charge in [0.05, 0.1) is 13.2 Å². The SMILES string of the molecule is CC1COC(c2cc(F)c(C(F)(F)Oc3ccc(-c4cc(F)c(F)c(F)c4)c(F)c3)c(F)c2)OC1. The van der Waals surface area contributed by atoms with Gasteiger partial charge in [-0.05, 0) is 42.0 Å².